The van der Waals surface area contributed by atoms with Gasteiger partial charge in [-0.1, -0.05) is 25.6 Å². The largest absolute Gasteiger partial charge is 0.280 e. The number of carbonyl (C=O) groups excluding carboxylic acids is 1. The van der Waals surface area contributed by atoms with Crippen LogP contribution in [-0.4, -0.2) is 20.8 Å². The van der Waals surface area contributed by atoms with Crippen LogP contribution in [-0.2, 0) is 0 Å². The van der Waals surface area contributed by atoms with Gasteiger partial charge in [-0.05, 0) is 5.92 Å². The molecule has 1 aromatic heterocycles. The molecule has 0 aliphatic rings. The van der Waals surface area contributed by atoms with E-state index in [-0.39, 0.29) is 5.12 Å². The van der Waals surface area contributed by atoms with Crippen LogP contribution >= 0.6 is 11.8 Å². The van der Waals surface area contributed by atoms with Crippen molar-refractivity contribution in [3.8, 4) is 0 Å². The Morgan fingerprint density at radius 3 is 2.85 bits per heavy atom. The fourth-order valence-electron chi connectivity index (χ4n) is 0.721. The second-order valence-corrected chi connectivity index (χ2v) is 4.08. The van der Waals surface area contributed by atoms with E-state index >= 15 is 0 Å². The Balaban J connectivity index is 2.50. The minimum absolute atomic E-state index is 0.00167. The molecule has 1 heterocycles. The van der Waals surface area contributed by atoms with Crippen LogP contribution in [0.25, 0.3) is 0 Å². The summed E-state index contributed by atoms with van der Waals surface area (Å²) in [4.78, 5) is 19.2. The molecule has 0 fully saturated rings. The molecule has 0 aromatic carbocycles. The van der Waals surface area contributed by atoms with Crippen molar-refractivity contribution >= 4 is 16.9 Å². The van der Waals surface area contributed by atoms with E-state index in [9.17, 15) is 4.79 Å². The van der Waals surface area contributed by atoms with Gasteiger partial charge in [-0.2, -0.15) is 0 Å². The summed E-state index contributed by atoms with van der Waals surface area (Å²) in [6.45, 7) is 4.16. The van der Waals surface area contributed by atoms with Crippen LogP contribution in [0, 0.1) is 5.92 Å². The maximum Gasteiger partial charge on any atom is 0.239 e. The van der Waals surface area contributed by atoms with Gasteiger partial charge in [0.2, 0.25) is 5.12 Å². The minimum Gasteiger partial charge on any atom is -0.280 e. The van der Waals surface area contributed by atoms with Crippen LogP contribution in [0.5, 0.6) is 0 Å². The number of rotatable bonds is 3. The first-order chi connectivity index (χ1) is 6.20. The van der Waals surface area contributed by atoms with Gasteiger partial charge in [0, 0.05) is 18.1 Å². The first-order valence-corrected chi connectivity index (χ1v) is 5.12. The molecule has 0 aliphatic heterocycles. The van der Waals surface area contributed by atoms with Gasteiger partial charge in [-0.3, -0.25) is 9.78 Å². The van der Waals surface area contributed by atoms with Crippen LogP contribution in [0.15, 0.2) is 18.6 Å². The molecule has 0 radical (unpaired) electrons. The Kier molecular flexibility index (Phi) is 3.89. The molecule has 1 aromatic rings. The van der Waals surface area contributed by atoms with Crippen LogP contribution in [0.4, 0.5) is 0 Å². The second kappa shape index (κ2) is 4.97. The Morgan fingerprint density at radius 2 is 2.31 bits per heavy atom. The zero-order valence-corrected chi connectivity index (χ0v) is 8.54. The SMILES string of the molecule is CC(C)CSC(=O)c1cnccn1. The molecule has 70 valence electrons. The molecule has 3 nitrogen and oxygen atoms in total. The van der Waals surface area contributed by atoms with Gasteiger partial charge in [0.15, 0.2) is 0 Å². The van der Waals surface area contributed by atoms with Crippen LogP contribution in [0.3, 0.4) is 0 Å². The lowest BCUT2D eigenvalue weighted by Gasteiger charge is -2.01. The molecule has 0 aliphatic carbocycles. The van der Waals surface area contributed by atoms with Gasteiger partial charge < -0.3 is 0 Å². The molecule has 0 saturated carbocycles. The Bertz CT molecular complexity index is 274. The zero-order valence-electron chi connectivity index (χ0n) is 7.73. The molecule has 0 amide bonds. The van der Waals surface area contributed by atoms with Crippen molar-refractivity contribution in [2.24, 2.45) is 5.92 Å². The predicted molar refractivity (Wildman–Crippen MR) is 53.7 cm³/mol. The third-order valence-electron chi connectivity index (χ3n) is 1.32. The topological polar surface area (TPSA) is 42.9 Å². The van der Waals surface area contributed by atoms with E-state index in [1.165, 1.54) is 24.2 Å². The molecule has 0 atom stereocenters. The fourth-order valence-corrected chi connectivity index (χ4v) is 1.46. The van der Waals surface area contributed by atoms with E-state index in [4.69, 9.17) is 0 Å². The first-order valence-electron chi connectivity index (χ1n) is 4.13. The second-order valence-electron chi connectivity index (χ2n) is 3.08. The van der Waals surface area contributed by atoms with Gasteiger partial charge in [-0.15, -0.1) is 0 Å². The van der Waals surface area contributed by atoms with Crippen molar-refractivity contribution in [2.75, 3.05) is 5.75 Å². The third-order valence-corrected chi connectivity index (χ3v) is 2.62. The normalized spacial score (nSPS) is 10.4. The molecule has 0 N–H and O–H groups in total. The van der Waals surface area contributed by atoms with Crippen LogP contribution in [0.1, 0.15) is 24.3 Å². The number of aromatic nitrogens is 2. The van der Waals surface area contributed by atoms with Gasteiger partial charge in [0.1, 0.15) is 5.69 Å². The monoisotopic (exact) mass is 196 g/mol. The summed E-state index contributed by atoms with van der Waals surface area (Å²) in [5, 5.41) is 0.00167. The quantitative estimate of drug-likeness (QED) is 0.741. The average Bonchev–Trinajstić information content (AvgIpc) is 2.15. The first kappa shape index (κ1) is 10.2. The molecular formula is C9H12N2OS. The highest BCUT2D eigenvalue weighted by Gasteiger charge is 2.08. The van der Waals surface area contributed by atoms with E-state index in [1.807, 2.05) is 0 Å². The molecule has 0 saturated heterocycles. The minimum atomic E-state index is 0.00167. The maximum atomic E-state index is 11.4. The summed E-state index contributed by atoms with van der Waals surface area (Å²) in [6, 6.07) is 0. The Morgan fingerprint density at radius 1 is 1.54 bits per heavy atom. The lowest BCUT2D eigenvalue weighted by molar-refractivity contribution is 0.108. The highest BCUT2D eigenvalue weighted by Crippen LogP contribution is 2.12. The molecule has 1 rings (SSSR count). The molecule has 0 spiro atoms. The number of hydrogen-bond donors (Lipinski definition) is 0. The molecule has 13 heavy (non-hydrogen) atoms. The van der Waals surface area contributed by atoms with Crippen molar-refractivity contribution in [3.63, 3.8) is 0 Å². The number of carbonyl (C=O) groups is 1. The highest BCUT2D eigenvalue weighted by atomic mass is 32.2. The van der Waals surface area contributed by atoms with Crippen LogP contribution in [0.2, 0.25) is 0 Å². The van der Waals surface area contributed by atoms with Gasteiger partial charge in [-0.25, -0.2) is 4.98 Å². The van der Waals surface area contributed by atoms with Gasteiger partial charge in [0.05, 0.1) is 6.20 Å². The van der Waals surface area contributed by atoms with Gasteiger partial charge >= 0.3 is 0 Å². The van der Waals surface area contributed by atoms with Crippen molar-refractivity contribution in [1.29, 1.82) is 0 Å². The molecule has 0 unspecified atom stereocenters. The fraction of sp³-hybridized carbons (Fsp3) is 0.444. The molecule has 4 heteroatoms. The highest BCUT2D eigenvalue weighted by molar-refractivity contribution is 8.14. The van der Waals surface area contributed by atoms with Crippen molar-refractivity contribution in [3.05, 3.63) is 24.3 Å². The number of nitrogens with zero attached hydrogens (tertiary/aromatic N) is 2. The maximum absolute atomic E-state index is 11.4. The predicted octanol–water partition coefficient (Wildman–Crippen LogP) is 2.01. The lowest BCUT2D eigenvalue weighted by atomic mass is 10.3. The standard InChI is InChI=1S/C9H12N2OS/c1-7(2)6-13-9(12)8-5-10-3-4-11-8/h3-5,7H,6H2,1-2H3. The third kappa shape index (κ3) is 3.55. The van der Waals surface area contributed by atoms with Crippen molar-refractivity contribution < 1.29 is 4.79 Å². The van der Waals surface area contributed by atoms with E-state index in [0.717, 1.165) is 5.75 Å². The number of thioether (sulfide) groups is 1. The van der Waals surface area contributed by atoms with Crippen LogP contribution < -0.4 is 0 Å². The average molecular weight is 196 g/mol. The lowest BCUT2D eigenvalue weighted by Crippen LogP contribution is -2.01. The number of hydrogen-bond acceptors (Lipinski definition) is 4. The summed E-state index contributed by atoms with van der Waals surface area (Å²) in [5.74, 6) is 1.35. The van der Waals surface area contributed by atoms with E-state index in [2.05, 4.69) is 23.8 Å². The van der Waals surface area contributed by atoms with Gasteiger partial charge in [0.25, 0.3) is 0 Å². The molecular weight excluding hydrogens is 184 g/mol. The smallest absolute Gasteiger partial charge is 0.239 e. The van der Waals surface area contributed by atoms with E-state index in [0.29, 0.717) is 11.6 Å². The summed E-state index contributed by atoms with van der Waals surface area (Å²) in [7, 11) is 0. The molecule has 0 bridgehead atoms. The Labute approximate surface area is 82.0 Å². The summed E-state index contributed by atoms with van der Waals surface area (Å²) < 4.78 is 0. The summed E-state index contributed by atoms with van der Waals surface area (Å²) in [6.07, 6.45) is 4.59. The Hall–Kier alpha value is -0.900. The van der Waals surface area contributed by atoms with Crippen molar-refractivity contribution in [1.82, 2.24) is 9.97 Å². The van der Waals surface area contributed by atoms with E-state index in [1.54, 1.807) is 6.20 Å². The zero-order chi connectivity index (χ0) is 9.68. The van der Waals surface area contributed by atoms with E-state index < -0.39 is 0 Å². The summed E-state index contributed by atoms with van der Waals surface area (Å²) >= 11 is 1.30. The summed E-state index contributed by atoms with van der Waals surface area (Å²) in [5.41, 5.74) is 0.438. The van der Waals surface area contributed by atoms with Crippen molar-refractivity contribution in [2.45, 2.75) is 13.8 Å².